The molecule has 0 aliphatic heterocycles. The summed E-state index contributed by atoms with van der Waals surface area (Å²) in [5, 5.41) is 2.51. The number of hydrogen-bond donors (Lipinski definition) is 3. The van der Waals surface area contributed by atoms with Crippen LogP contribution in [0.5, 0.6) is 5.75 Å². The second-order valence-electron chi connectivity index (χ2n) is 6.31. The number of nitrogens with one attached hydrogen (secondary N) is 3. The lowest BCUT2D eigenvalue weighted by atomic mass is 10.1. The number of hydrogen-bond acceptors (Lipinski definition) is 4. The van der Waals surface area contributed by atoms with E-state index >= 15 is 0 Å². The molecule has 0 aromatic heterocycles. The molecule has 0 atom stereocenters. The first-order valence-corrected chi connectivity index (χ1v) is 9.77. The van der Waals surface area contributed by atoms with E-state index in [4.69, 9.17) is 17.0 Å². The number of benzene rings is 3. The van der Waals surface area contributed by atoms with Crippen LogP contribution in [0, 0.1) is 0 Å². The second-order valence-corrected chi connectivity index (χ2v) is 6.72. The van der Waals surface area contributed by atoms with Crippen LogP contribution in [0.1, 0.15) is 26.3 Å². The molecule has 3 N–H and O–H groups in total. The zero-order valence-corrected chi connectivity index (χ0v) is 16.9. The molecule has 2 amide bonds. The molecule has 0 aliphatic carbocycles. The molecule has 30 heavy (non-hydrogen) atoms. The summed E-state index contributed by atoms with van der Waals surface area (Å²) in [7, 11) is 0. The van der Waals surface area contributed by atoms with Crippen molar-refractivity contribution in [2.75, 3.05) is 6.61 Å². The average Bonchev–Trinajstić information content (AvgIpc) is 2.79. The highest BCUT2D eigenvalue weighted by Gasteiger charge is 2.14. The number of para-hydroxylation sites is 1. The van der Waals surface area contributed by atoms with Gasteiger partial charge in [0.25, 0.3) is 11.8 Å². The maximum Gasteiger partial charge on any atom is 0.269 e. The molecule has 152 valence electrons. The number of rotatable bonds is 6. The van der Waals surface area contributed by atoms with E-state index < -0.39 is 5.91 Å². The molecule has 7 heteroatoms. The van der Waals surface area contributed by atoms with Gasteiger partial charge in [-0.15, -0.1) is 0 Å². The van der Waals surface area contributed by atoms with Crippen molar-refractivity contribution in [1.82, 2.24) is 16.2 Å². The van der Waals surface area contributed by atoms with Crippen molar-refractivity contribution in [3.8, 4) is 5.75 Å². The van der Waals surface area contributed by atoms with Crippen LogP contribution in [0.4, 0.5) is 0 Å². The second kappa shape index (κ2) is 10.7. The summed E-state index contributed by atoms with van der Waals surface area (Å²) in [6.07, 6.45) is 0.724. The summed E-state index contributed by atoms with van der Waals surface area (Å²) in [4.78, 5) is 24.6. The van der Waals surface area contributed by atoms with E-state index in [2.05, 4.69) is 16.2 Å². The quantitative estimate of drug-likeness (QED) is 0.422. The van der Waals surface area contributed by atoms with Gasteiger partial charge in [0.2, 0.25) is 0 Å². The Bertz CT molecular complexity index is 1010. The Morgan fingerprint density at radius 3 is 2.13 bits per heavy atom. The van der Waals surface area contributed by atoms with Crippen molar-refractivity contribution in [3.05, 3.63) is 102 Å². The topological polar surface area (TPSA) is 79.5 Å². The van der Waals surface area contributed by atoms with E-state index in [0.29, 0.717) is 23.5 Å². The van der Waals surface area contributed by atoms with E-state index in [1.54, 1.807) is 48.5 Å². The molecule has 0 aliphatic rings. The first kappa shape index (κ1) is 21.0. The summed E-state index contributed by atoms with van der Waals surface area (Å²) in [5.74, 6) is -0.337. The average molecular weight is 420 g/mol. The minimum absolute atomic E-state index is 0.0247. The van der Waals surface area contributed by atoms with Gasteiger partial charge in [0.05, 0.1) is 12.2 Å². The van der Waals surface area contributed by atoms with E-state index in [-0.39, 0.29) is 11.0 Å². The Morgan fingerprint density at radius 1 is 0.767 bits per heavy atom. The molecule has 3 aromatic rings. The van der Waals surface area contributed by atoms with Crippen molar-refractivity contribution in [1.29, 1.82) is 0 Å². The molecule has 0 bridgehead atoms. The Labute approximate surface area is 180 Å². The third kappa shape index (κ3) is 6.15. The molecular formula is C23H21N3O3S. The van der Waals surface area contributed by atoms with Gasteiger partial charge in [0.15, 0.2) is 5.11 Å². The molecule has 0 fully saturated rings. The molecule has 3 rings (SSSR count). The van der Waals surface area contributed by atoms with E-state index in [1.807, 2.05) is 36.4 Å². The van der Waals surface area contributed by atoms with E-state index in [1.165, 1.54) is 0 Å². The van der Waals surface area contributed by atoms with Crippen molar-refractivity contribution in [2.24, 2.45) is 0 Å². The lowest BCUT2D eigenvalue weighted by Gasteiger charge is -2.13. The number of hydrazine groups is 1. The predicted molar refractivity (Wildman–Crippen MR) is 119 cm³/mol. The summed E-state index contributed by atoms with van der Waals surface area (Å²) in [5.41, 5.74) is 6.94. The van der Waals surface area contributed by atoms with Gasteiger partial charge in [-0.25, -0.2) is 0 Å². The summed E-state index contributed by atoms with van der Waals surface area (Å²) < 4.78 is 5.81. The fourth-order valence-electron chi connectivity index (χ4n) is 2.68. The summed E-state index contributed by atoms with van der Waals surface area (Å²) in [6.45, 7) is 0.435. The van der Waals surface area contributed by atoms with Crippen LogP contribution < -0.4 is 20.9 Å². The molecular weight excluding hydrogens is 398 g/mol. The normalized spacial score (nSPS) is 10.0. The minimum Gasteiger partial charge on any atom is -0.492 e. The summed E-state index contributed by atoms with van der Waals surface area (Å²) in [6, 6.07) is 25.5. The first-order chi connectivity index (χ1) is 14.6. The van der Waals surface area contributed by atoms with Crippen LogP contribution in [0.15, 0.2) is 84.9 Å². The zero-order valence-electron chi connectivity index (χ0n) is 16.1. The van der Waals surface area contributed by atoms with Crippen LogP contribution in [0.25, 0.3) is 0 Å². The maximum atomic E-state index is 12.6. The largest absolute Gasteiger partial charge is 0.492 e. The number of amides is 2. The highest BCUT2D eigenvalue weighted by molar-refractivity contribution is 7.80. The molecule has 0 unspecified atom stereocenters. The van der Waals surface area contributed by atoms with Gasteiger partial charge in [0.1, 0.15) is 5.75 Å². The van der Waals surface area contributed by atoms with Gasteiger partial charge in [-0.1, -0.05) is 60.7 Å². The molecule has 0 heterocycles. The molecule has 3 aromatic carbocycles. The Kier molecular flexibility index (Phi) is 7.51. The SMILES string of the molecule is O=C(NNC(=S)NC(=O)c1ccccc1OCCc1ccccc1)c1ccccc1. The van der Waals surface area contributed by atoms with Crippen molar-refractivity contribution >= 4 is 29.1 Å². The fourth-order valence-corrected chi connectivity index (χ4v) is 2.82. The van der Waals surface area contributed by atoms with Crippen molar-refractivity contribution in [3.63, 3.8) is 0 Å². The third-order valence-corrected chi connectivity index (χ3v) is 4.38. The summed E-state index contributed by atoms with van der Waals surface area (Å²) >= 11 is 5.09. The van der Waals surface area contributed by atoms with Crippen LogP contribution in [0.2, 0.25) is 0 Å². The molecule has 6 nitrogen and oxygen atoms in total. The highest BCUT2D eigenvalue weighted by Crippen LogP contribution is 2.18. The highest BCUT2D eigenvalue weighted by atomic mass is 32.1. The minimum atomic E-state index is -0.434. The van der Waals surface area contributed by atoms with E-state index in [0.717, 1.165) is 12.0 Å². The number of ether oxygens (including phenoxy) is 1. The monoisotopic (exact) mass is 419 g/mol. The van der Waals surface area contributed by atoms with Gasteiger partial charge in [-0.2, -0.15) is 0 Å². The Balaban J connectivity index is 1.52. The zero-order chi connectivity index (χ0) is 21.2. The molecule has 0 saturated carbocycles. The predicted octanol–water partition coefficient (Wildman–Crippen LogP) is 3.26. The lowest BCUT2D eigenvalue weighted by Crippen LogP contribution is -2.48. The maximum absolute atomic E-state index is 12.6. The molecule has 0 spiro atoms. The van der Waals surface area contributed by atoms with Crippen molar-refractivity contribution < 1.29 is 14.3 Å². The fraction of sp³-hybridized carbons (Fsp3) is 0.0870. The Hall–Kier alpha value is -3.71. The van der Waals surface area contributed by atoms with Gasteiger partial charge in [-0.3, -0.25) is 25.8 Å². The van der Waals surface area contributed by atoms with Crippen molar-refractivity contribution in [2.45, 2.75) is 6.42 Å². The van der Waals surface area contributed by atoms with Gasteiger partial charge >= 0.3 is 0 Å². The number of thiocarbonyl (C=S) groups is 1. The van der Waals surface area contributed by atoms with Gasteiger partial charge in [-0.05, 0) is 42.0 Å². The van der Waals surface area contributed by atoms with Crippen LogP contribution in [-0.2, 0) is 6.42 Å². The van der Waals surface area contributed by atoms with Gasteiger partial charge < -0.3 is 4.74 Å². The number of carbonyl (C=O) groups is 2. The molecule has 0 saturated heterocycles. The number of carbonyl (C=O) groups excluding carboxylic acids is 2. The lowest BCUT2D eigenvalue weighted by molar-refractivity contribution is 0.0933. The smallest absolute Gasteiger partial charge is 0.269 e. The third-order valence-electron chi connectivity index (χ3n) is 4.18. The standard InChI is InChI=1S/C23H21N3O3S/c27-21(18-11-5-2-6-12-18)25-26-23(30)24-22(28)19-13-7-8-14-20(19)29-16-15-17-9-3-1-4-10-17/h1-14H,15-16H2,(H,25,27)(H2,24,26,28,30). The van der Waals surface area contributed by atoms with Crippen LogP contribution in [-0.4, -0.2) is 23.5 Å². The Morgan fingerprint density at radius 2 is 1.40 bits per heavy atom. The first-order valence-electron chi connectivity index (χ1n) is 9.36. The molecule has 0 radical (unpaired) electrons. The van der Waals surface area contributed by atoms with Gasteiger partial charge in [0, 0.05) is 12.0 Å². The van der Waals surface area contributed by atoms with E-state index in [9.17, 15) is 9.59 Å². The van der Waals surface area contributed by atoms with Crippen LogP contribution >= 0.6 is 12.2 Å². The van der Waals surface area contributed by atoms with Crippen LogP contribution in [0.3, 0.4) is 0 Å².